The van der Waals surface area contributed by atoms with Crippen molar-refractivity contribution < 1.29 is 32.2 Å². The maximum absolute atomic E-state index is 12.4. The van der Waals surface area contributed by atoms with Crippen LogP contribution in [0.2, 0.25) is 0 Å². The molecule has 0 aliphatic carbocycles. The molecule has 2 rings (SSSR count). The van der Waals surface area contributed by atoms with Gasteiger partial charge in [0.1, 0.15) is 0 Å². The molecule has 0 N–H and O–H groups in total. The Hall–Kier alpha value is -1.96. The van der Waals surface area contributed by atoms with Crippen LogP contribution >= 0.6 is 0 Å². The van der Waals surface area contributed by atoms with Crippen LogP contribution in [0.15, 0.2) is 18.2 Å². The number of halogens is 3. The first-order valence-corrected chi connectivity index (χ1v) is 8.47. The third kappa shape index (κ3) is 6.09. The minimum Gasteiger partial charge on any atom is -0.493 e. The summed E-state index contributed by atoms with van der Waals surface area (Å²) in [5, 5.41) is 0. The van der Waals surface area contributed by atoms with Crippen molar-refractivity contribution in [1.82, 2.24) is 4.90 Å². The van der Waals surface area contributed by atoms with E-state index >= 15 is 0 Å². The lowest BCUT2D eigenvalue weighted by Crippen LogP contribution is -2.48. The summed E-state index contributed by atoms with van der Waals surface area (Å²) >= 11 is 0. The van der Waals surface area contributed by atoms with Gasteiger partial charge in [-0.15, -0.1) is 0 Å². The molecule has 0 unspecified atom stereocenters. The number of rotatable bonds is 6. The van der Waals surface area contributed by atoms with Crippen LogP contribution in [0, 0.1) is 0 Å². The third-order valence-corrected chi connectivity index (χ3v) is 4.02. The molecule has 0 radical (unpaired) electrons. The van der Waals surface area contributed by atoms with Gasteiger partial charge in [-0.1, -0.05) is 6.07 Å². The van der Waals surface area contributed by atoms with Crippen LogP contribution in [-0.2, 0) is 16.0 Å². The zero-order valence-corrected chi connectivity index (χ0v) is 15.1. The largest absolute Gasteiger partial charge is 0.493 e. The SMILES string of the molecule is COc1cc(CCC(=O)N2C[C@@H](C)O[C@@H](C)C2)ccc1OCC(F)(F)F. The molecular formula is C18H24F3NO4. The molecule has 1 amide bonds. The van der Waals surface area contributed by atoms with E-state index in [1.54, 1.807) is 17.0 Å². The van der Waals surface area contributed by atoms with E-state index in [9.17, 15) is 18.0 Å². The monoisotopic (exact) mass is 375 g/mol. The highest BCUT2D eigenvalue weighted by atomic mass is 19.4. The summed E-state index contributed by atoms with van der Waals surface area (Å²) < 4.78 is 52.3. The minimum absolute atomic E-state index is 0.00728. The summed E-state index contributed by atoms with van der Waals surface area (Å²) in [6, 6.07) is 4.68. The number of nitrogens with zero attached hydrogens (tertiary/aromatic N) is 1. The highest BCUT2D eigenvalue weighted by molar-refractivity contribution is 5.76. The predicted molar refractivity (Wildman–Crippen MR) is 89.5 cm³/mol. The number of alkyl halides is 3. The molecule has 0 bridgehead atoms. The number of amides is 1. The second kappa shape index (κ2) is 8.62. The molecule has 26 heavy (non-hydrogen) atoms. The van der Waals surface area contributed by atoms with E-state index in [1.807, 2.05) is 13.8 Å². The lowest BCUT2D eigenvalue weighted by atomic mass is 10.1. The lowest BCUT2D eigenvalue weighted by Gasteiger charge is -2.35. The number of morpholine rings is 1. The summed E-state index contributed by atoms with van der Waals surface area (Å²) in [6.45, 7) is 3.61. The Bertz CT molecular complexity index is 611. The molecule has 0 spiro atoms. The maximum atomic E-state index is 12.4. The van der Waals surface area contributed by atoms with Gasteiger partial charge in [-0.25, -0.2) is 0 Å². The Balaban J connectivity index is 1.94. The molecule has 0 saturated carbocycles. The molecule has 1 aliphatic rings. The second-order valence-corrected chi connectivity index (χ2v) is 6.45. The highest BCUT2D eigenvalue weighted by Crippen LogP contribution is 2.30. The van der Waals surface area contributed by atoms with E-state index in [0.29, 0.717) is 25.9 Å². The van der Waals surface area contributed by atoms with Gasteiger partial charge in [-0.2, -0.15) is 13.2 Å². The van der Waals surface area contributed by atoms with E-state index in [4.69, 9.17) is 14.2 Å². The van der Waals surface area contributed by atoms with Gasteiger partial charge in [-0.05, 0) is 38.0 Å². The zero-order valence-electron chi connectivity index (χ0n) is 15.1. The quantitative estimate of drug-likeness (QED) is 0.766. The number of aryl methyl sites for hydroxylation is 1. The van der Waals surface area contributed by atoms with Crippen LogP contribution in [0.5, 0.6) is 11.5 Å². The molecule has 8 heteroatoms. The van der Waals surface area contributed by atoms with Gasteiger partial charge in [0, 0.05) is 19.5 Å². The Morgan fingerprint density at radius 3 is 2.46 bits per heavy atom. The molecule has 1 heterocycles. The molecule has 5 nitrogen and oxygen atoms in total. The van der Waals surface area contributed by atoms with Crippen LogP contribution in [-0.4, -0.2) is 56.0 Å². The fourth-order valence-electron chi connectivity index (χ4n) is 2.94. The zero-order chi connectivity index (χ0) is 19.3. The number of hydrogen-bond acceptors (Lipinski definition) is 4. The molecule has 1 fully saturated rings. The van der Waals surface area contributed by atoms with Crippen molar-refractivity contribution in [3.8, 4) is 11.5 Å². The standard InChI is InChI=1S/C18H24F3NO4/c1-12-9-22(10-13(2)26-12)17(23)7-5-14-4-6-15(16(8-14)24-3)25-11-18(19,20)21/h4,6,8,12-13H,5,7,9-11H2,1-3H3/t12-,13+. The number of benzene rings is 1. The van der Waals surface area contributed by atoms with Gasteiger partial charge in [0.05, 0.1) is 19.3 Å². The van der Waals surface area contributed by atoms with Crippen molar-refractivity contribution in [3.63, 3.8) is 0 Å². The van der Waals surface area contributed by atoms with Gasteiger partial charge in [0.2, 0.25) is 5.91 Å². The average Bonchev–Trinajstić information content (AvgIpc) is 2.56. The second-order valence-electron chi connectivity index (χ2n) is 6.45. The molecule has 1 aliphatic heterocycles. The first-order valence-electron chi connectivity index (χ1n) is 8.47. The van der Waals surface area contributed by atoms with E-state index in [0.717, 1.165) is 5.56 Å². The Kier molecular flexibility index (Phi) is 6.75. The van der Waals surface area contributed by atoms with Crippen LogP contribution in [0.4, 0.5) is 13.2 Å². The Labute approximate surface area is 151 Å². The van der Waals surface area contributed by atoms with Crippen LogP contribution in [0.25, 0.3) is 0 Å². The summed E-state index contributed by atoms with van der Waals surface area (Å²) in [5.41, 5.74) is 0.795. The number of carbonyl (C=O) groups is 1. The van der Waals surface area contributed by atoms with Crippen molar-refractivity contribution in [1.29, 1.82) is 0 Å². The van der Waals surface area contributed by atoms with Gasteiger partial charge < -0.3 is 19.1 Å². The van der Waals surface area contributed by atoms with E-state index in [-0.39, 0.29) is 29.6 Å². The van der Waals surface area contributed by atoms with Gasteiger partial charge >= 0.3 is 6.18 Å². The molecule has 0 aromatic heterocycles. The third-order valence-electron chi connectivity index (χ3n) is 4.02. The van der Waals surface area contributed by atoms with Crippen molar-refractivity contribution in [2.45, 2.75) is 45.1 Å². The number of ether oxygens (including phenoxy) is 3. The van der Waals surface area contributed by atoms with E-state index in [1.165, 1.54) is 13.2 Å². The molecular weight excluding hydrogens is 351 g/mol. The van der Waals surface area contributed by atoms with Crippen LogP contribution in [0.1, 0.15) is 25.8 Å². The van der Waals surface area contributed by atoms with Crippen molar-refractivity contribution in [2.75, 3.05) is 26.8 Å². The molecule has 1 saturated heterocycles. The lowest BCUT2D eigenvalue weighted by molar-refractivity contribution is -0.153. The first-order chi connectivity index (χ1) is 12.2. The molecule has 146 valence electrons. The topological polar surface area (TPSA) is 48.0 Å². The summed E-state index contributed by atoms with van der Waals surface area (Å²) in [4.78, 5) is 14.2. The summed E-state index contributed by atoms with van der Waals surface area (Å²) in [6.07, 6.45) is -3.62. The Morgan fingerprint density at radius 1 is 1.23 bits per heavy atom. The number of carbonyl (C=O) groups excluding carboxylic acids is 1. The van der Waals surface area contributed by atoms with E-state index < -0.39 is 12.8 Å². The summed E-state index contributed by atoms with van der Waals surface area (Å²) in [5.74, 6) is 0.270. The maximum Gasteiger partial charge on any atom is 0.422 e. The fourth-order valence-corrected chi connectivity index (χ4v) is 2.94. The first kappa shape index (κ1) is 20.4. The summed E-state index contributed by atoms with van der Waals surface area (Å²) in [7, 11) is 1.36. The van der Waals surface area contributed by atoms with Crippen LogP contribution < -0.4 is 9.47 Å². The fraction of sp³-hybridized carbons (Fsp3) is 0.611. The Morgan fingerprint density at radius 2 is 1.88 bits per heavy atom. The molecule has 2 atom stereocenters. The number of hydrogen-bond donors (Lipinski definition) is 0. The normalized spacial score (nSPS) is 20.8. The van der Waals surface area contributed by atoms with Gasteiger partial charge in [-0.3, -0.25) is 4.79 Å². The van der Waals surface area contributed by atoms with Crippen LogP contribution in [0.3, 0.4) is 0 Å². The highest BCUT2D eigenvalue weighted by Gasteiger charge is 2.29. The van der Waals surface area contributed by atoms with Gasteiger partial charge in [0.25, 0.3) is 0 Å². The van der Waals surface area contributed by atoms with Gasteiger partial charge in [0.15, 0.2) is 18.1 Å². The molecule has 1 aromatic carbocycles. The molecule has 1 aromatic rings. The predicted octanol–water partition coefficient (Wildman–Crippen LogP) is 3.20. The minimum atomic E-state index is -4.41. The smallest absolute Gasteiger partial charge is 0.422 e. The van der Waals surface area contributed by atoms with Crippen molar-refractivity contribution in [2.24, 2.45) is 0 Å². The van der Waals surface area contributed by atoms with Crippen molar-refractivity contribution >= 4 is 5.91 Å². The van der Waals surface area contributed by atoms with E-state index in [2.05, 4.69) is 0 Å². The number of methoxy groups -OCH3 is 1. The van der Waals surface area contributed by atoms with Crippen molar-refractivity contribution in [3.05, 3.63) is 23.8 Å². The average molecular weight is 375 g/mol.